The van der Waals surface area contributed by atoms with E-state index in [1.165, 1.54) is 0 Å². The average Bonchev–Trinajstić information content (AvgIpc) is 2.34. The predicted octanol–water partition coefficient (Wildman–Crippen LogP) is 2.43. The van der Waals surface area contributed by atoms with E-state index in [-0.39, 0.29) is 12.0 Å². The Labute approximate surface area is 105 Å². The van der Waals surface area contributed by atoms with Gasteiger partial charge in [0.15, 0.2) is 0 Å². The zero-order chi connectivity index (χ0) is 12.3. The first kappa shape index (κ1) is 12.2. The molecule has 0 bridgehead atoms. The maximum absolute atomic E-state index is 11.9. The van der Waals surface area contributed by atoms with Crippen LogP contribution in [0.5, 0.6) is 0 Å². The number of carbonyl (C=O) groups excluding carboxylic acids is 1. The molecule has 0 radical (unpaired) electrons. The number of nitrogen functional groups attached to an aromatic ring is 1. The summed E-state index contributed by atoms with van der Waals surface area (Å²) in [6.07, 6.45) is 2.44. The summed E-state index contributed by atoms with van der Waals surface area (Å²) in [5, 5.41) is 3.19. The van der Waals surface area contributed by atoms with E-state index in [9.17, 15) is 4.79 Å². The van der Waals surface area contributed by atoms with Crippen molar-refractivity contribution in [1.29, 1.82) is 0 Å². The number of benzene rings is 1. The lowest BCUT2D eigenvalue weighted by Gasteiger charge is -2.21. The fourth-order valence-electron chi connectivity index (χ4n) is 1.79. The second kappa shape index (κ2) is 5.38. The van der Waals surface area contributed by atoms with Crippen LogP contribution in [0.4, 0.5) is 11.4 Å². The van der Waals surface area contributed by atoms with Crippen molar-refractivity contribution >= 4 is 28.9 Å². The van der Waals surface area contributed by atoms with E-state index < -0.39 is 0 Å². The van der Waals surface area contributed by atoms with Crippen molar-refractivity contribution in [1.82, 2.24) is 0 Å². The fraction of sp³-hybridized carbons (Fsp3) is 0.417. The summed E-state index contributed by atoms with van der Waals surface area (Å²) >= 11 is 5.98. The average molecular weight is 255 g/mol. The van der Waals surface area contributed by atoms with Crippen LogP contribution in [0, 0.1) is 0 Å². The number of carbonyl (C=O) groups is 1. The summed E-state index contributed by atoms with van der Waals surface area (Å²) in [5.74, 6) is -0.142. The molecule has 1 heterocycles. The number of nitrogens with two attached hydrogens (primary N) is 1. The molecule has 1 unspecified atom stereocenters. The SMILES string of the molecule is Nc1ccc(NC(=O)C2CCCCO2)c(Cl)c1. The van der Waals surface area contributed by atoms with Crippen LogP contribution in [0.1, 0.15) is 19.3 Å². The second-order valence-electron chi connectivity index (χ2n) is 4.08. The lowest BCUT2D eigenvalue weighted by molar-refractivity contribution is -0.129. The molecule has 1 aromatic carbocycles. The topological polar surface area (TPSA) is 64.3 Å². The van der Waals surface area contributed by atoms with Gasteiger partial charge in [-0.25, -0.2) is 0 Å². The number of amides is 1. The van der Waals surface area contributed by atoms with Crippen LogP contribution in [0.15, 0.2) is 18.2 Å². The van der Waals surface area contributed by atoms with E-state index in [0.717, 1.165) is 19.3 Å². The molecule has 0 spiro atoms. The Morgan fingerprint density at radius 1 is 1.47 bits per heavy atom. The number of anilines is 2. The van der Waals surface area contributed by atoms with Crippen LogP contribution < -0.4 is 11.1 Å². The normalized spacial score (nSPS) is 19.9. The summed E-state index contributed by atoms with van der Waals surface area (Å²) in [7, 11) is 0. The number of hydrogen-bond acceptors (Lipinski definition) is 3. The molecular formula is C12H15ClN2O2. The van der Waals surface area contributed by atoms with Crippen molar-refractivity contribution in [2.75, 3.05) is 17.7 Å². The lowest BCUT2D eigenvalue weighted by Crippen LogP contribution is -2.33. The highest BCUT2D eigenvalue weighted by Crippen LogP contribution is 2.25. The summed E-state index contributed by atoms with van der Waals surface area (Å²) in [5.41, 5.74) is 6.72. The van der Waals surface area contributed by atoms with E-state index in [1.54, 1.807) is 18.2 Å². The molecule has 5 heteroatoms. The van der Waals surface area contributed by atoms with Crippen molar-refractivity contribution in [3.63, 3.8) is 0 Å². The maximum Gasteiger partial charge on any atom is 0.253 e. The van der Waals surface area contributed by atoms with Gasteiger partial charge in [-0.15, -0.1) is 0 Å². The van der Waals surface area contributed by atoms with Crippen molar-refractivity contribution in [3.8, 4) is 0 Å². The molecular weight excluding hydrogens is 240 g/mol. The molecule has 92 valence electrons. The van der Waals surface area contributed by atoms with Crippen LogP contribution >= 0.6 is 11.6 Å². The van der Waals surface area contributed by atoms with E-state index >= 15 is 0 Å². The summed E-state index contributed by atoms with van der Waals surface area (Å²) < 4.78 is 5.40. The van der Waals surface area contributed by atoms with Gasteiger partial charge in [-0.1, -0.05) is 11.6 Å². The Hall–Kier alpha value is -1.26. The molecule has 1 aromatic rings. The smallest absolute Gasteiger partial charge is 0.253 e. The molecule has 3 N–H and O–H groups in total. The molecule has 1 atom stereocenters. The van der Waals surface area contributed by atoms with E-state index in [4.69, 9.17) is 22.1 Å². The van der Waals surface area contributed by atoms with Gasteiger partial charge in [0.05, 0.1) is 10.7 Å². The van der Waals surface area contributed by atoms with E-state index in [2.05, 4.69) is 5.32 Å². The maximum atomic E-state index is 11.9. The van der Waals surface area contributed by atoms with E-state index in [1.807, 2.05) is 0 Å². The molecule has 1 aliphatic heterocycles. The van der Waals surface area contributed by atoms with Gasteiger partial charge in [-0.3, -0.25) is 4.79 Å². The third-order valence-corrected chi connectivity index (χ3v) is 3.04. The molecule has 1 aliphatic rings. The van der Waals surface area contributed by atoms with Crippen molar-refractivity contribution in [2.45, 2.75) is 25.4 Å². The Bertz CT molecular complexity index is 417. The minimum Gasteiger partial charge on any atom is -0.399 e. The van der Waals surface area contributed by atoms with Gasteiger partial charge in [0.25, 0.3) is 5.91 Å². The zero-order valence-corrected chi connectivity index (χ0v) is 10.2. The lowest BCUT2D eigenvalue weighted by atomic mass is 10.1. The number of halogens is 1. The predicted molar refractivity (Wildman–Crippen MR) is 68.1 cm³/mol. The van der Waals surface area contributed by atoms with Gasteiger partial charge in [0, 0.05) is 12.3 Å². The number of ether oxygens (including phenoxy) is 1. The van der Waals surface area contributed by atoms with Crippen LogP contribution in [-0.4, -0.2) is 18.6 Å². The molecule has 17 heavy (non-hydrogen) atoms. The third kappa shape index (κ3) is 3.11. The van der Waals surface area contributed by atoms with Gasteiger partial charge in [0.2, 0.25) is 0 Å². The second-order valence-corrected chi connectivity index (χ2v) is 4.49. The van der Waals surface area contributed by atoms with Crippen LogP contribution in [0.3, 0.4) is 0 Å². The van der Waals surface area contributed by atoms with E-state index in [0.29, 0.717) is 23.0 Å². The van der Waals surface area contributed by atoms with Gasteiger partial charge >= 0.3 is 0 Å². The minimum atomic E-state index is -0.364. The molecule has 1 saturated heterocycles. The largest absolute Gasteiger partial charge is 0.399 e. The Morgan fingerprint density at radius 2 is 2.29 bits per heavy atom. The van der Waals surface area contributed by atoms with Gasteiger partial charge in [-0.05, 0) is 37.5 Å². The summed E-state index contributed by atoms with van der Waals surface area (Å²) in [6, 6.07) is 5.00. The minimum absolute atomic E-state index is 0.142. The fourth-order valence-corrected chi connectivity index (χ4v) is 2.03. The molecule has 4 nitrogen and oxygen atoms in total. The highest BCUT2D eigenvalue weighted by Gasteiger charge is 2.22. The first-order valence-electron chi connectivity index (χ1n) is 5.64. The van der Waals surface area contributed by atoms with Crippen LogP contribution in [0.2, 0.25) is 5.02 Å². The molecule has 0 aromatic heterocycles. The Balaban J connectivity index is 2.02. The van der Waals surface area contributed by atoms with Crippen LogP contribution in [-0.2, 0) is 9.53 Å². The molecule has 1 amide bonds. The molecule has 1 fully saturated rings. The van der Waals surface area contributed by atoms with Gasteiger partial charge < -0.3 is 15.8 Å². The highest BCUT2D eigenvalue weighted by molar-refractivity contribution is 6.34. The molecule has 2 rings (SSSR count). The van der Waals surface area contributed by atoms with Crippen molar-refractivity contribution < 1.29 is 9.53 Å². The van der Waals surface area contributed by atoms with Crippen molar-refractivity contribution in [2.24, 2.45) is 0 Å². The number of nitrogens with one attached hydrogen (secondary N) is 1. The van der Waals surface area contributed by atoms with Crippen LogP contribution in [0.25, 0.3) is 0 Å². The monoisotopic (exact) mass is 254 g/mol. The highest BCUT2D eigenvalue weighted by atomic mass is 35.5. The number of rotatable bonds is 2. The standard InChI is InChI=1S/C12H15ClN2O2/c13-9-7-8(14)4-5-10(9)15-12(16)11-3-1-2-6-17-11/h4-5,7,11H,1-3,6,14H2,(H,15,16). The van der Waals surface area contributed by atoms with Crippen molar-refractivity contribution in [3.05, 3.63) is 23.2 Å². The molecule has 0 saturated carbocycles. The first-order chi connectivity index (χ1) is 8.16. The first-order valence-corrected chi connectivity index (χ1v) is 6.02. The van der Waals surface area contributed by atoms with Gasteiger partial charge in [0.1, 0.15) is 6.10 Å². The summed E-state index contributed by atoms with van der Waals surface area (Å²) in [6.45, 7) is 0.646. The summed E-state index contributed by atoms with van der Waals surface area (Å²) in [4.78, 5) is 11.9. The number of hydrogen-bond donors (Lipinski definition) is 2. The zero-order valence-electron chi connectivity index (χ0n) is 9.41. The molecule has 0 aliphatic carbocycles. The van der Waals surface area contributed by atoms with Gasteiger partial charge in [-0.2, -0.15) is 0 Å². The quantitative estimate of drug-likeness (QED) is 0.797. The third-order valence-electron chi connectivity index (χ3n) is 2.72. The Kier molecular flexibility index (Phi) is 3.86. The Morgan fingerprint density at radius 3 is 2.94 bits per heavy atom.